The Bertz CT molecular complexity index is 186. The summed E-state index contributed by atoms with van der Waals surface area (Å²) >= 11 is 0. The van der Waals surface area contributed by atoms with Gasteiger partial charge in [0.1, 0.15) is 0 Å². The van der Waals surface area contributed by atoms with Crippen molar-refractivity contribution in [2.75, 3.05) is 14.1 Å². The van der Waals surface area contributed by atoms with Crippen LogP contribution in [0, 0.1) is 5.21 Å². The normalized spacial score (nSPS) is 13.7. The Morgan fingerprint density at radius 1 is 0.737 bits per heavy atom. The first kappa shape index (κ1) is 18.9. The lowest BCUT2D eigenvalue weighted by Gasteiger charge is -2.40. The molecule has 0 fully saturated rings. The van der Waals surface area contributed by atoms with E-state index in [4.69, 9.17) is 0 Å². The SMILES string of the molecule is CCCCCCCCCCCCCC(C)[N+](C)(C)[O-]. The molecule has 0 heterocycles. The van der Waals surface area contributed by atoms with Gasteiger partial charge >= 0.3 is 0 Å². The van der Waals surface area contributed by atoms with Crippen LogP contribution in [0.1, 0.15) is 90.9 Å². The highest BCUT2D eigenvalue weighted by Crippen LogP contribution is 2.15. The summed E-state index contributed by atoms with van der Waals surface area (Å²) in [5.74, 6) is 0. The maximum Gasteiger partial charge on any atom is 0.0854 e. The highest BCUT2D eigenvalue weighted by Gasteiger charge is 2.12. The molecule has 19 heavy (non-hydrogen) atoms. The lowest BCUT2D eigenvalue weighted by atomic mass is 10.0. The number of hydroxylamine groups is 3. The van der Waals surface area contributed by atoms with E-state index in [9.17, 15) is 5.21 Å². The summed E-state index contributed by atoms with van der Waals surface area (Å²) in [6.07, 6.45) is 16.2. The Hall–Kier alpha value is -0.0800. The van der Waals surface area contributed by atoms with Crippen LogP contribution in [0.2, 0.25) is 0 Å². The summed E-state index contributed by atoms with van der Waals surface area (Å²) < 4.78 is -0.141. The van der Waals surface area contributed by atoms with Crippen LogP contribution < -0.4 is 0 Å². The molecule has 0 aromatic carbocycles. The largest absolute Gasteiger partial charge is 0.633 e. The van der Waals surface area contributed by atoms with E-state index in [2.05, 4.69) is 13.8 Å². The minimum Gasteiger partial charge on any atom is -0.633 e. The van der Waals surface area contributed by atoms with Gasteiger partial charge in [-0.2, -0.15) is 0 Å². The van der Waals surface area contributed by atoms with E-state index in [-0.39, 0.29) is 10.7 Å². The van der Waals surface area contributed by atoms with Gasteiger partial charge in [-0.15, -0.1) is 0 Å². The van der Waals surface area contributed by atoms with Crippen LogP contribution >= 0.6 is 0 Å². The molecule has 2 nitrogen and oxygen atoms in total. The molecular formula is C17H37NO. The topological polar surface area (TPSA) is 23.1 Å². The smallest absolute Gasteiger partial charge is 0.0854 e. The zero-order valence-corrected chi connectivity index (χ0v) is 13.9. The van der Waals surface area contributed by atoms with Crippen LogP contribution in [0.5, 0.6) is 0 Å². The third-order valence-corrected chi connectivity index (χ3v) is 4.29. The zero-order chi connectivity index (χ0) is 14.6. The highest BCUT2D eigenvalue weighted by molar-refractivity contribution is 4.54. The molecule has 0 bridgehead atoms. The van der Waals surface area contributed by atoms with Crippen molar-refractivity contribution in [3.05, 3.63) is 5.21 Å². The first-order valence-corrected chi connectivity index (χ1v) is 8.53. The Labute approximate surface area is 121 Å². The molecule has 0 saturated carbocycles. The fourth-order valence-corrected chi connectivity index (χ4v) is 2.41. The first-order valence-electron chi connectivity index (χ1n) is 8.53. The fraction of sp³-hybridized carbons (Fsp3) is 1.00. The van der Waals surface area contributed by atoms with E-state index >= 15 is 0 Å². The predicted octanol–water partition coefficient (Wildman–Crippen LogP) is 5.65. The number of rotatable bonds is 13. The molecule has 116 valence electrons. The van der Waals surface area contributed by atoms with Crippen molar-refractivity contribution in [2.24, 2.45) is 0 Å². The summed E-state index contributed by atoms with van der Waals surface area (Å²) in [7, 11) is 3.51. The fourth-order valence-electron chi connectivity index (χ4n) is 2.41. The Morgan fingerprint density at radius 3 is 1.47 bits per heavy atom. The molecule has 1 unspecified atom stereocenters. The van der Waals surface area contributed by atoms with E-state index in [0.717, 1.165) is 6.42 Å². The van der Waals surface area contributed by atoms with E-state index in [1.165, 1.54) is 70.6 Å². The van der Waals surface area contributed by atoms with Gasteiger partial charge < -0.3 is 9.85 Å². The molecule has 0 aromatic heterocycles. The van der Waals surface area contributed by atoms with Gasteiger partial charge in [0.15, 0.2) is 0 Å². The van der Waals surface area contributed by atoms with Crippen LogP contribution in [0.3, 0.4) is 0 Å². The molecule has 0 aliphatic carbocycles. The Balaban J connectivity index is 3.15. The zero-order valence-electron chi connectivity index (χ0n) is 13.9. The molecule has 0 aromatic rings. The number of unbranched alkanes of at least 4 members (excludes halogenated alkanes) is 10. The minimum absolute atomic E-state index is 0.141. The van der Waals surface area contributed by atoms with E-state index in [0.29, 0.717) is 0 Å². The van der Waals surface area contributed by atoms with Gasteiger partial charge in [0.25, 0.3) is 0 Å². The Kier molecular flexibility index (Phi) is 11.7. The Morgan fingerprint density at radius 2 is 1.11 bits per heavy atom. The van der Waals surface area contributed by atoms with Gasteiger partial charge in [0.2, 0.25) is 0 Å². The van der Waals surface area contributed by atoms with Gasteiger partial charge in [0.05, 0.1) is 20.1 Å². The third-order valence-electron chi connectivity index (χ3n) is 4.29. The maximum absolute atomic E-state index is 11.7. The second kappa shape index (κ2) is 11.7. The van der Waals surface area contributed by atoms with Crippen molar-refractivity contribution >= 4 is 0 Å². The standard InChI is InChI=1S/C17H37NO/c1-5-6-7-8-9-10-11-12-13-14-15-16-17(2)18(3,4)19/h17H,5-16H2,1-4H3. The van der Waals surface area contributed by atoms with Gasteiger partial charge in [-0.1, -0.05) is 71.1 Å². The monoisotopic (exact) mass is 271 g/mol. The van der Waals surface area contributed by atoms with Crippen molar-refractivity contribution in [1.82, 2.24) is 0 Å². The number of nitrogens with zero attached hydrogens (tertiary/aromatic N) is 1. The average molecular weight is 271 g/mol. The molecule has 2 heteroatoms. The van der Waals surface area contributed by atoms with Crippen LogP contribution in [0.4, 0.5) is 0 Å². The molecule has 1 atom stereocenters. The van der Waals surface area contributed by atoms with E-state index < -0.39 is 0 Å². The van der Waals surface area contributed by atoms with Gasteiger partial charge in [-0.3, -0.25) is 0 Å². The lowest BCUT2D eigenvalue weighted by molar-refractivity contribution is -0.864. The molecule has 0 N–H and O–H groups in total. The van der Waals surface area contributed by atoms with Crippen molar-refractivity contribution in [1.29, 1.82) is 0 Å². The molecule has 0 saturated heterocycles. The lowest BCUT2D eigenvalue weighted by Crippen LogP contribution is -2.41. The quantitative estimate of drug-likeness (QED) is 0.241. The molecule has 0 radical (unpaired) electrons. The average Bonchev–Trinajstić information content (AvgIpc) is 2.34. The van der Waals surface area contributed by atoms with Crippen LogP contribution in [0.15, 0.2) is 0 Å². The predicted molar refractivity (Wildman–Crippen MR) is 86.0 cm³/mol. The molecule has 0 amide bonds. The molecular weight excluding hydrogens is 234 g/mol. The summed E-state index contributed by atoms with van der Waals surface area (Å²) in [5, 5.41) is 11.7. The molecule has 0 spiro atoms. The van der Waals surface area contributed by atoms with Crippen molar-refractivity contribution in [3.63, 3.8) is 0 Å². The van der Waals surface area contributed by atoms with Crippen molar-refractivity contribution in [3.8, 4) is 0 Å². The van der Waals surface area contributed by atoms with Crippen molar-refractivity contribution < 1.29 is 4.65 Å². The molecule has 0 rings (SSSR count). The first-order chi connectivity index (χ1) is 8.98. The second-order valence-electron chi connectivity index (χ2n) is 6.61. The highest BCUT2D eigenvalue weighted by atomic mass is 16.5. The number of quaternary nitrogens is 1. The van der Waals surface area contributed by atoms with E-state index in [1.807, 2.05) is 0 Å². The van der Waals surface area contributed by atoms with Crippen LogP contribution in [0.25, 0.3) is 0 Å². The van der Waals surface area contributed by atoms with Gasteiger partial charge in [-0.25, -0.2) is 0 Å². The summed E-state index contributed by atoms with van der Waals surface area (Å²) in [4.78, 5) is 0. The van der Waals surface area contributed by atoms with Crippen LogP contribution in [-0.2, 0) is 0 Å². The third kappa shape index (κ3) is 12.7. The minimum atomic E-state index is -0.141. The summed E-state index contributed by atoms with van der Waals surface area (Å²) in [6, 6.07) is 0.249. The summed E-state index contributed by atoms with van der Waals surface area (Å²) in [5.41, 5.74) is 0. The molecule has 0 aliphatic heterocycles. The molecule has 0 aliphatic rings. The maximum atomic E-state index is 11.7. The van der Waals surface area contributed by atoms with Crippen molar-refractivity contribution in [2.45, 2.75) is 96.9 Å². The van der Waals surface area contributed by atoms with E-state index in [1.54, 1.807) is 14.1 Å². The second-order valence-corrected chi connectivity index (χ2v) is 6.61. The number of hydrogen-bond acceptors (Lipinski definition) is 1. The summed E-state index contributed by atoms with van der Waals surface area (Å²) in [6.45, 7) is 4.34. The van der Waals surface area contributed by atoms with Crippen LogP contribution in [-0.4, -0.2) is 24.8 Å². The van der Waals surface area contributed by atoms with Gasteiger partial charge in [0, 0.05) is 0 Å². The van der Waals surface area contributed by atoms with Gasteiger partial charge in [-0.05, 0) is 19.8 Å². The number of hydrogen-bond donors (Lipinski definition) is 0.